The maximum absolute atomic E-state index is 13.0. The second-order valence-corrected chi connectivity index (χ2v) is 6.70. The summed E-state index contributed by atoms with van der Waals surface area (Å²) in [6.07, 6.45) is 4.45. The lowest BCUT2D eigenvalue weighted by Gasteiger charge is -2.44. The summed E-state index contributed by atoms with van der Waals surface area (Å²) in [5.41, 5.74) is 0.841. The van der Waals surface area contributed by atoms with Crippen LogP contribution in [-0.2, 0) is 4.79 Å². The summed E-state index contributed by atoms with van der Waals surface area (Å²) in [4.78, 5) is 15.0. The van der Waals surface area contributed by atoms with E-state index < -0.39 is 0 Å². The molecule has 22 heavy (non-hydrogen) atoms. The van der Waals surface area contributed by atoms with Crippen LogP contribution in [0.1, 0.15) is 37.8 Å². The van der Waals surface area contributed by atoms with Gasteiger partial charge in [-0.25, -0.2) is 0 Å². The van der Waals surface area contributed by atoms with E-state index in [9.17, 15) is 4.79 Å². The number of allylic oxidation sites excluding steroid dienone is 1. The van der Waals surface area contributed by atoms with Crippen LogP contribution in [0.3, 0.4) is 0 Å². The van der Waals surface area contributed by atoms with Gasteiger partial charge in [-0.2, -0.15) is 0 Å². The zero-order valence-electron chi connectivity index (χ0n) is 13.4. The molecule has 4 heteroatoms. The third-order valence-electron chi connectivity index (χ3n) is 4.58. The van der Waals surface area contributed by atoms with Gasteiger partial charge in [0.2, 0.25) is 5.91 Å². The van der Waals surface area contributed by atoms with Crippen LogP contribution in [0.2, 0.25) is 5.02 Å². The minimum atomic E-state index is -0.321. The first kappa shape index (κ1) is 17.0. The molecule has 1 saturated heterocycles. The minimum absolute atomic E-state index is 0.135. The maximum atomic E-state index is 13.0. The number of likely N-dealkylation sites (N-methyl/N-ethyl adjacent to an activating group) is 1. The van der Waals surface area contributed by atoms with Crippen LogP contribution in [0.15, 0.2) is 36.9 Å². The lowest BCUT2D eigenvalue weighted by molar-refractivity contribution is -0.149. The standard InChI is InChI=1S/C18H25ClN2O/c1-4-10-18(2)11-9-16(14-5-7-15(19)8-6-14)21(17(18)22)13-12-20-3/h4-8,16,20H,1,9-13H2,2-3H3. The Morgan fingerprint density at radius 2 is 2.14 bits per heavy atom. The smallest absolute Gasteiger partial charge is 0.229 e. The second kappa shape index (κ2) is 7.30. The van der Waals surface area contributed by atoms with Crippen molar-refractivity contribution in [3.8, 4) is 0 Å². The molecule has 120 valence electrons. The molecule has 0 aromatic heterocycles. The Hall–Kier alpha value is -1.32. The van der Waals surface area contributed by atoms with E-state index in [4.69, 9.17) is 11.6 Å². The molecule has 0 saturated carbocycles. The van der Waals surface area contributed by atoms with E-state index in [0.29, 0.717) is 0 Å². The van der Waals surface area contributed by atoms with Gasteiger partial charge in [-0.3, -0.25) is 4.79 Å². The SMILES string of the molecule is C=CCC1(C)CCC(c2ccc(Cl)cc2)N(CCNC)C1=O. The van der Waals surface area contributed by atoms with Crippen molar-refractivity contribution in [2.75, 3.05) is 20.1 Å². The van der Waals surface area contributed by atoms with Crippen LogP contribution in [-0.4, -0.2) is 30.9 Å². The van der Waals surface area contributed by atoms with Crippen molar-refractivity contribution in [3.63, 3.8) is 0 Å². The molecule has 2 atom stereocenters. The summed E-state index contributed by atoms with van der Waals surface area (Å²) >= 11 is 5.98. The van der Waals surface area contributed by atoms with Gasteiger partial charge in [0, 0.05) is 18.1 Å². The van der Waals surface area contributed by atoms with Crippen LogP contribution >= 0.6 is 11.6 Å². The topological polar surface area (TPSA) is 32.3 Å². The van der Waals surface area contributed by atoms with E-state index in [1.807, 2.05) is 42.3 Å². The Bertz CT molecular complexity index is 528. The predicted molar refractivity (Wildman–Crippen MR) is 92.0 cm³/mol. The monoisotopic (exact) mass is 320 g/mol. The van der Waals surface area contributed by atoms with E-state index in [1.165, 1.54) is 0 Å². The highest BCUT2D eigenvalue weighted by Crippen LogP contribution is 2.42. The quantitative estimate of drug-likeness (QED) is 0.808. The summed E-state index contributed by atoms with van der Waals surface area (Å²) in [7, 11) is 1.91. The molecule has 1 amide bonds. The second-order valence-electron chi connectivity index (χ2n) is 6.26. The zero-order chi connectivity index (χ0) is 16.2. The Balaban J connectivity index is 2.27. The highest BCUT2D eigenvalue weighted by atomic mass is 35.5. The van der Waals surface area contributed by atoms with Crippen molar-refractivity contribution in [2.45, 2.75) is 32.2 Å². The average Bonchev–Trinajstić information content (AvgIpc) is 2.50. The predicted octanol–water partition coefficient (Wildman–Crippen LogP) is 3.81. The molecule has 0 aliphatic carbocycles. The van der Waals surface area contributed by atoms with Gasteiger partial charge < -0.3 is 10.2 Å². The number of carbonyl (C=O) groups excluding carboxylic acids is 1. The van der Waals surface area contributed by atoms with Crippen molar-refractivity contribution in [2.24, 2.45) is 5.41 Å². The van der Waals surface area contributed by atoms with Gasteiger partial charge in [-0.05, 0) is 44.0 Å². The molecular weight excluding hydrogens is 296 g/mol. The number of nitrogens with one attached hydrogen (secondary N) is 1. The molecule has 2 rings (SSSR count). The largest absolute Gasteiger partial charge is 0.334 e. The van der Waals surface area contributed by atoms with Crippen LogP contribution in [0.25, 0.3) is 0 Å². The molecule has 1 fully saturated rings. The molecule has 1 aromatic carbocycles. The molecule has 1 aliphatic heterocycles. The number of nitrogens with zero attached hydrogens (tertiary/aromatic N) is 1. The molecule has 1 heterocycles. The summed E-state index contributed by atoms with van der Waals surface area (Å²) in [6, 6.07) is 7.99. The Morgan fingerprint density at radius 3 is 2.73 bits per heavy atom. The lowest BCUT2D eigenvalue weighted by Crippen LogP contribution is -2.50. The number of hydrogen-bond donors (Lipinski definition) is 1. The normalized spacial score (nSPS) is 25.3. The highest BCUT2D eigenvalue weighted by Gasteiger charge is 2.43. The van der Waals surface area contributed by atoms with Gasteiger partial charge in [0.15, 0.2) is 0 Å². The molecule has 1 N–H and O–H groups in total. The maximum Gasteiger partial charge on any atom is 0.229 e. The van der Waals surface area contributed by atoms with E-state index in [-0.39, 0.29) is 17.4 Å². The first-order valence-electron chi connectivity index (χ1n) is 7.84. The number of carbonyl (C=O) groups is 1. The van der Waals surface area contributed by atoms with Gasteiger partial charge in [0.1, 0.15) is 0 Å². The van der Waals surface area contributed by atoms with Crippen molar-refractivity contribution in [3.05, 3.63) is 47.5 Å². The van der Waals surface area contributed by atoms with E-state index in [2.05, 4.69) is 18.8 Å². The molecule has 1 aromatic rings. The zero-order valence-corrected chi connectivity index (χ0v) is 14.2. The van der Waals surface area contributed by atoms with Crippen LogP contribution in [0.4, 0.5) is 0 Å². The number of amides is 1. The average molecular weight is 321 g/mol. The molecule has 0 radical (unpaired) electrons. The van der Waals surface area contributed by atoms with Gasteiger partial charge >= 0.3 is 0 Å². The summed E-state index contributed by atoms with van der Waals surface area (Å²) in [5.74, 6) is 0.230. The summed E-state index contributed by atoms with van der Waals surface area (Å²) < 4.78 is 0. The van der Waals surface area contributed by atoms with Gasteiger partial charge in [0.05, 0.1) is 11.5 Å². The van der Waals surface area contributed by atoms with E-state index in [1.54, 1.807) is 0 Å². The molecular formula is C18H25ClN2O. The molecule has 2 unspecified atom stereocenters. The number of hydrogen-bond acceptors (Lipinski definition) is 2. The van der Waals surface area contributed by atoms with Crippen LogP contribution in [0, 0.1) is 5.41 Å². The van der Waals surface area contributed by atoms with Crippen molar-refractivity contribution in [1.29, 1.82) is 0 Å². The minimum Gasteiger partial charge on any atom is -0.334 e. The fraction of sp³-hybridized carbons (Fsp3) is 0.500. The Labute approximate surface area is 138 Å². The Kier molecular flexibility index (Phi) is 5.65. The van der Waals surface area contributed by atoms with Crippen molar-refractivity contribution in [1.82, 2.24) is 10.2 Å². The third kappa shape index (κ3) is 3.53. The fourth-order valence-corrected chi connectivity index (χ4v) is 3.36. The van der Waals surface area contributed by atoms with Gasteiger partial charge in [-0.1, -0.05) is 36.7 Å². The third-order valence-corrected chi connectivity index (χ3v) is 4.83. The fourth-order valence-electron chi connectivity index (χ4n) is 3.24. The van der Waals surface area contributed by atoms with Gasteiger partial charge in [0.25, 0.3) is 0 Å². The Morgan fingerprint density at radius 1 is 1.45 bits per heavy atom. The molecule has 1 aliphatic rings. The molecule has 3 nitrogen and oxygen atoms in total. The number of likely N-dealkylation sites (tertiary alicyclic amines) is 1. The summed E-state index contributed by atoms with van der Waals surface area (Å²) in [6.45, 7) is 7.38. The highest BCUT2D eigenvalue weighted by molar-refractivity contribution is 6.30. The van der Waals surface area contributed by atoms with Crippen LogP contribution in [0.5, 0.6) is 0 Å². The van der Waals surface area contributed by atoms with Gasteiger partial charge in [-0.15, -0.1) is 6.58 Å². The number of rotatable bonds is 6. The lowest BCUT2D eigenvalue weighted by atomic mass is 9.75. The number of benzene rings is 1. The molecule has 0 spiro atoms. The van der Waals surface area contributed by atoms with Crippen molar-refractivity contribution >= 4 is 17.5 Å². The number of halogens is 1. The summed E-state index contributed by atoms with van der Waals surface area (Å²) in [5, 5.41) is 3.87. The molecule has 0 bridgehead atoms. The first-order valence-corrected chi connectivity index (χ1v) is 8.21. The van der Waals surface area contributed by atoms with E-state index in [0.717, 1.165) is 42.9 Å². The van der Waals surface area contributed by atoms with Crippen LogP contribution < -0.4 is 5.32 Å². The van der Waals surface area contributed by atoms with Crippen molar-refractivity contribution < 1.29 is 4.79 Å². The number of piperidine rings is 1. The first-order chi connectivity index (χ1) is 10.5. The van der Waals surface area contributed by atoms with E-state index >= 15 is 0 Å².